The lowest BCUT2D eigenvalue weighted by atomic mass is 10.1. The topological polar surface area (TPSA) is 35.2 Å². The molecule has 2 rings (SSSR count). The van der Waals surface area contributed by atoms with E-state index in [0.29, 0.717) is 6.54 Å². The number of benzene rings is 2. The molecule has 0 aliphatic heterocycles. The van der Waals surface area contributed by atoms with Gasteiger partial charge in [0.1, 0.15) is 11.9 Å². The minimum atomic E-state index is -0.142. The lowest BCUT2D eigenvalue weighted by Gasteiger charge is -2.19. The molecule has 94 valence electrons. The van der Waals surface area contributed by atoms with Crippen LogP contribution in [0.3, 0.4) is 0 Å². The summed E-state index contributed by atoms with van der Waals surface area (Å²) in [5, 5.41) is 0. The molecular weight excluding hydrogens is 405 g/mol. The van der Waals surface area contributed by atoms with Crippen LogP contribution in [0.1, 0.15) is 11.7 Å². The first kappa shape index (κ1) is 13.8. The van der Waals surface area contributed by atoms with Crippen molar-refractivity contribution in [2.24, 2.45) is 5.73 Å². The zero-order valence-electron chi connectivity index (χ0n) is 9.64. The molecule has 0 aromatic heterocycles. The Morgan fingerprint density at radius 2 is 1.78 bits per heavy atom. The van der Waals surface area contributed by atoms with Gasteiger partial charge in [0.05, 0.1) is 3.57 Å². The maximum absolute atomic E-state index is 6.00. The Morgan fingerprint density at radius 3 is 2.44 bits per heavy atom. The summed E-state index contributed by atoms with van der Waals surface area (Å²) in [6.07, 6.45) is -0.142. The molecule has 0 radical (unpaired) electrons. The molecule has 18 heavy (non-hydrogen) atoms. The molecular formula is C14H13BrINO. The standard InChI is InChI=1S/C14H13BrINO/c15-11-6-2-1-5-10(11)14(9-17)18-13-8-4-3-7-12(13)16/h1-8,14H,9,17H2. The molecule has 2 N–H and O–H groups in total. The monoisotopic (exact) mass is 417 g/mol. The van der Waals surface area contributed by atoms with Crippen molar-refractivity contribution in [3.05, 3.63) is 62.1 Å². The van der Waals surface area contributed by atoms with Crippen molar-refractivity contribution in [2.45, 2.75) is 6.10 Å². The van der Waals surface area contributed by atoms with E-state index >= 15 is 0 Å². The average molecular weight is 418 g/mol. The van der Waals surface area contributed by atoms with Gasteiger partial charge in [-0.25, -0.2) is 0 Å². The largest absolute Gasteiger partial charge is 0.483 e. The fraction of sp³-hybridized carbons (Fsp3) is 0.143. The summed E-state index contributed by atoms with van der Waals surface area (Å²) in [5.41, 5.74) is 6.89. The van der Waals surface area contributed by atoms with Crippen molar-refractivity contribution in [3.63, 3.8) is 0 Å². The number of hydrogen-bond donors (Lipinski definition) is 1. The highest BCUT2D eigenvalue weighted by Crippen LogP contribution is 2.29. The second-order valence-corrected chi connectivity index (χ2v) is 5.81. The van der Waals surface area contributed by atoms with Crippen molar-refractivity contribution in [1.29, 1.82) is 0 Å². The number of nitrogens with two attached hydrogens (primary N) is 1. The van der Waals surface area contributed by atoms with Gasteiger partial charge in [-0.1, -0.05) is 46.3 Å². The van der Waals surface area contributed by atoms with Gasteiger partial charge in [-0.15, -0.1) is 0 Å². The summed E-state index contributed by atoms with van der Waals surface area (Å²) in [4.78, 5) is 0. The predicted molar refractivity (Wildman–Crippen MR) is 85.7 cm³/mol. The van der Waals surface area contributed by atoms with Crippen LogP contribution in [0.2, 0.25) is 0 Å². The molecule has 2 aromatic carbocycles. The van der Waals surface area contributed by atoms with Gasteiger partial charge < -0.3 is 10.5 Å². The second-order valence-electron chi connectivity index (χ2n) is 3.79. The van der Waals surface area contributed by atoms with Gasteiger partial charge in [0, 0.05) is 16.6 Å². The molecule has 1 unspecified atom stereocenters. The molecule has 0 fully saturated rings. The molecule has 4 heteroatoms. The summed E-state index contributed by atoms with van der Waals surface area (Å²) >= 11 is 5.79. The number of hydrogen-bond acceptors (Lipinski definition) is 2. The Balaban J connectivity index is 2.26. The molecule has 2 nitrogen and oxygen atoms in total. The van der Waals surface area contributed by atoms with Gasteiger partial charge in [0.2, 0.25) is 0 Å². The Morgan fingerprint density at radius 1 is 1.11 bits per heavy atom. The Labute approximate surface area is 129 Å². The van der Waals surface area contributed by atoms with Crippen LogP contribution < -0.4 is 10.5 Å². The molecule has 2 aromatic rings. The van der Waals surface area contributed by atoms with E-state index in [2.05, 4.69) is 38.5 Å². The van der Waals surface area contributed by atoms with E-state index < -0.39 is 0 Å². The van der Waals surface area contributed by atoms with E-state index in [4.69, 9.17) is 10.5 Å². The van der Waals surface area contributed by atoms with Crippen LogP contribution in [0.25, 0.3) is 0 Å². The highest BCUT2D eigenvalue weighted by atomic mass is 127. The molecule has 1 atom stereocenters. The van der Waals surface area contributed by atoms with E-state index in [-0.39, 0.29) is 6.10 Å². The summed E-state index contributed by atoms with van der Waals surface area (Å²) in [6.45, 7) is 0.438. The highest BCUT2D eigenvalue weighted by Gasteiger charge is 2.15. The zero-order chi connectivity index (χ0) is 13.0. The van der Waals surface area contributed by atoms with Crippen molar-refractivity contribution in [1.82, 2.24) is 0 Å². The van der Waals surface area contributed by atoms with Gasteiger partial charge >= 0.3 is 0 Å². The molecule has 0 heterocycles. The first-order chi connectivity index (χ1) is 8.72. The lowest BCUT2D eigenvalue weighted by Crippen LogP contribution is -2.19. The first-order valence-corrected chi connectivity index (χ1v) is 7.45. The van der Waals surface area contributed by atoms with Gasteiger partial charge in [-0.2, -0.15) is 0 Å². The fourth-order valence-electron chi connectivity index (χ4n) is 1.67. The molecule has 0 aliphatic carbocycles. The lowest BCUT2D eigenvalue weighted by molar-refractivity contribution is 0.212. The number of ether oxygens (including phenoxy) is 1. The van der Waals surface area contributed by atoms with Crippen LogP contribution in [0.4, 0.5) is 0 Å². The average Bonchev–Trinajstić information content (AvgIpc) is 2.39. The molecule has 0 spiro atoms. The van der Waals surface area contributed by atoms with Crippen molar-refractivity contribution >= 4 is 38.5 Å². The van der Waals surface area contributed by atoms with Gasteiger partial charge in [-0.05, 0) is 40.8 Å². The normalized spacial score (nSPS) is 12.2. The van der Waals surface area contributed by atoms with Gasteiger partial charge in [-0.3, -0.25) is 0 Å². The van der Waals surface area contributed by atoms with Gasteiger partial charge in [0.15, 0.2) is 0 Å². The number of rotatable bonds is 4. The number of para-hydroxylation sites is 1. The first-order valence-electron chi connectivity index (χ1n) is 5.58. The van der Waals surface area contributed by atoms with Crippen LogP contribution in [0.5, 0.6) is 5.75 Å². The second kappa shape index (κ2) is 6.54. The minimum absolute atomic E-state index is 0.142. The Hall–Kier alpha value is -0.590. The minimum Gasteiger partial charge on any atom is -0.483 e. The quantitative estimate of drug-likeness (QED) is 0.759. The Bertz CT molecular complexity index is 533. The smallest absolute Gasteiger partial charge is 0.137 e. The molecule has 0 aliphatic rings. The Kier molecular flexibility index (Phi) is 5.03. The fourth-order valence-corrected chi connectivity index (χ4v) is 2.72. The van der Waals surface area contributed by atoms with Crippen LogP contribution in [0, 0.1) is 3.57 Å². The third-order valence-electron chi connectivity index (χ3n) is 2.57. The number of halogens is 2. The molecule has 0 saturated carbocycles. The van der Waals surface area contributed by atoms with Crippen LogP contribution in [0.15, 0.2) is 53.0 Å². The van der Waals surface area contributed by atoms with Crippen molar-refractivity contribution in [3.8, 4) is 5.75 Å². The van der Waals surface area contributed by atoms with Crippen LogP contribution in [-0.4, -0.2) is 6.54 Å². The van der Waals surface area contributed by atoms with Crippen molar-refractivity contribution in [2.75, 3.05) is 6.54 Å². The summed E-state index contributed by atoms with van der Waals surface area (Å²) < 4.78 is 8.10. The molecule has 0 amide bonds. The van der Waals surface area contributed by atoms with Crippen LogP contribution in [-0.2, 0) is 0 Å². The van der Waals surface area contributed by atoms with Crippen molar-refractivity contribution < 1.29 is 4.74 Å². The summed E-state index contributed by atoms with van der Waals surface area (Å²) in [5.74, 6) is 0.865. The SMILES string of the molecule is NCC(Oc1ccccc1I)c1ccccc1Br. The van der Waals surface area contributed by atoms with Gasteiger partial charge in [0.25, 0.3) is 0 Å². The predicted octanol–water partition coefficient (Wildman–Crippen LogP) is 4.13. The van der Waals surface area contributed by atoms with E-state index in [1.165, 1.54) is 0 Å². The third-order valence-corrected chi connectivity index (χ3v) is 4.19. The maximum atomic E-state index is 6.00. The third kappa shape index (κ3) is 3.24. The van der Waals surface area contributed by atoms with E-state index in [1.54, 1.807) is 0 Å². The summed E-state index contributed by atoms with van der Waals surface area (Å²) in [6, 6.07) is 15.9. The zero-order valence-corrected chi connectivity index (χ0v) is 13.4. The summed E-state index contributed by atoms with van der Waals surface area (Å²) in [7, 11) is 0. The molecule has 0 saturated heterocycles. The van der Waals surface area contributed by atoms with E-state index in [0.717, 1.165) is 19.4 Å². The van der Waals surface area contributed by atoms with E-state index in [9.17, 15) is 0 Å². The van der Waals surface area contributed by atoms with E-state index in [1.807, 2.05) is 48.5 Å². The van der Waals surface area contributed by atoms with Crippen LogP contribution >= 0.6 is 38.5 Å². The maximum Gasteiger partial charge on any atom is 0.137 e. The molecule has 0 bridgehead atoms. The highest BCUT2D eigenvalue weighted by molar-refractivity contribution is 14.1.